The Balaban J connectivity index is 1.34. The standard InChI is InChI=1S/C69H82N4O13/c1-9-50(44-22-14-10-15-23-44)60(68(83)85-35-34-70-61(74)48-30-32-49(33-31-48)72(7)8)56(66(80)81)38-53(47-28-20-13-21-29-47)59-54(63(76)73(64(59)77)40-42(4)5)36-52(46-26-18-12-19-27-46)58(62(75)71-39-41(2)3)55(65(78)79)37-51(45-24-16-11-17-25-45)57-43(6)67(82)86-69(57)84/h10-33,41-43,50-60H,9,34-40H2,1-8H3,(H,70,74)(H,71,75)(H,78,79)(H,80,81). The van der Waals surface area contributed by atoms with E-state index in [1.807, 2.05) is 71.8 Å². The number of likely N-dealkylation sites (tertiary alicyclic amines) is 1. The average molecular weight is 1180 g/mol. The van der Waals surface area contributed by atoms with Crippen LogP contribution in [0.3, 0.4) is 0 Å². The van der Waals surface area contributed by atoms with E-state index in [1.54, 1.807) is 134 Å². The van der Waals surface area contributed by atoms with Crippen molar-refractivity contribution in [3.63, 3.8) is 0 Å². The highest BCUT2D eigenvalue weighted by Gasteiger charge is 2.56. The first-order chi connectivity index (χ1) is 41.1. The number of nitrogens with one attached hydrogen (secondary N) is 2. The predicted molar refractivity (Wildman–Crippen MR) is 324 cm³/mol. The van der Waals surface area contributed by atoms with Crippen LogP contribution in [0.5, 0.6) is 0 Å². The summed E-state index contributed by atoms with van der Waals surface area (Å²) in [4.78, 5) is 133. The number of carboxylic acid groups (broad SMARTS) is 2. The van der Waals surface area contributed by atoms with E-state index in [-0.39, 0.29) is 57.3 Å². The van der Waals surface area contributed by atoms with Gasteiger partial charge in [-0.1, -0.05) is 163 Å². The molecule has 5 aromatic rings. The van der Waals surface area contributed by atoms with Crippen LogP contribution in [0.25, 0.3) is 0 Å². The number of hydrogen-bond donors (Lipinski definition) is 4. The molecule has 12 atom stereocenters. The van der Waals surface area contributed by atoms with Gasteiger partial charge in [0.2, 0.25) is 17.7 Å². The largest absolute Gasteiger partial charge is 0.481 e. The number of anilines is 1. The molecule has 2 aliphatic rings. The Hall–Kier alpha value is -8.47. The third-order valence-corrected chi connectivity index (χ3v) is 17.1. The Bertz CT molecular complexity index is 3140. The second kappa shape index (κ2) is 30.1. The number of imide groups is 1. The first-order valence-electron chi connectivity index (χ1n) is 29.9. The minimum atomic E-state index is -1.58. The summed E-state index contributed by atoms with van der Waals surface area (Å²) in [7, 11) is 3.76. The van der Waals surface area contributed by atoms with Gasteiger partial charge < -0.3 is 35.2 Å². The van der Waals surface area contributed by atoms with E-state index in [4.69, 9.17) is 9.47 Å². The van der Waals surface area contributed by atoms with Gasteiger partial charge in [0.15, 0.2) is 0 Å². The number of carboxylic acids is 2. The molecule has 2 saturated heterocycles. The number of ether oxygens (including phenoxy) is 2. The maximum Gasteiger partial charge on any atom is 0.318 e. The Morgan fingerprint density at radius 1 is 0.605 bits per heavy atom. The summed E-state index contributed by atoms with van der Waals surface area (Å²) >= 11 is 0. The molecule has 86 heavy (non-hydrogen) atoms. The van der Waals surface area contributed by atoms with Crippen LogP contribution < -0.4 is 15.5 Å². The van der Waals surface area contributed by atoms with Crippen LogP contribution in [0, 0.1) is 59.2 Å². The number of amides is 4. The molecule has 0 bridgehead atoms. The molecule has 0 aliphatic carbocycles. The summed E-state index contributed by atoms with van der Waals surface area (Å²) in [5.41, 5.74) is 3.49. The lowest BCUT2D eigenvalue weighted by atomic mass is 9.64. The molecule has 2 aliphatic heterocycles. The summed E-state index contributed by atoms with van der Waals surface area (Å²) in [6.07, 6.45) is -0.646. The minimum absolute atomic E-state index is 0.00740. The number of rotatable bonds is 30. The number of benzene rings is 5. The summed E-state index contributed by atoms with van der Waals surface area (Å²) < 4.78 is 11.1. The third kappa shape index (κ3) is 15.7. The molecule has 17 nitrogen and oxygen atoms in total. The zero-order valence-corrected chi connectivity index (χ0v) is 50.4. The van der Waals surface area contributed by atoms with Crippen molar-refractivity contribution in [2.75, 3.05) is 45.2 Å². The molecule has 4 N–H and O–H groups in total. The van der Waals surface area contributed by atoms with Crippen LogP contribution in [-0.4, -0.2) is 109 Å². The van der Waals surface area contributed by atoms with Crippen LogP contribution >= 0.6 is 0 Å². The molecule has 17 heteroatoms. The number of cyclic esters (lactones) is 2. The SMILES string of the molecule is CCC(c1ccccc1)C(C(=O)OCCNC(=O)c1ccc(N(C)C)cc1)C(CC(c1ccccc1)C1C(=O)N(CC(C)C)C(=O)C1CC(c1ccccc1)C(C(=O)NCC(C)C)C(CC(c1ccccc1)C1C(=O)OC(=O)C1C)C(=O)O)C(=O)O. The van der Waals surface area contributed by atoms with Crippen molar-refractivity contribution in [2.24, 2.45) is 59.2 Å². The van der Waals surface area contributed by atoms with E-state index in [9.17, 15) is 39.0 Å². The van der Waals surface area contributed by atoms with Crippen LogP contribution in [0.1, 0.15) is 124 Å². The summed E-state index contributed by atoms with van der Waals surface area (Å²) in [6, 6.07) is 42.1. The molecule has 2 fully saturated rings. The fourth-order valence-electron chi connectivity index (χ4n) is 12.9. The number of carbonyl (C=O) groups excluding carboxylic acids is 7. The lowest BCUT2D eigenvalue weighted by molar-refractivity contribution is -0.159. The zero-order chi connectivity index (χ0) is 62.4. The van der Waals surface area contributed by atoms with E-state index in [0.717, 1.165) is 5.69 Å². The average Bonchev–Trinajstić information content (AvgIpc) is 1.78. The van der Waals surface area contributed by atoms with Crippen molar-refractivity contribution >= 4 is 59.2 Å². The fourth-order valence-corrected chi connectivity index (χ4v) is 12.9. The number of nitrogens with zero attached hydrogens (tertiary/aromatic N) is 2. The molecule has 0 saturated carbocycles. The van der Waals surface area contributed by atoms with Gasteiger partial charge in [0.1, 0.15) is 6.61 Å². The predicted octanol–water partition coefficient (Wildman–Crippen LogP) is 9.74. The highest BCUT2D eigenvalue weighted by Crippen LogP contribution is 2.51. The maximum absolute atomic E-state index is 15.7. The molecule has 456 valence electrons. The van der Waals surface area contributed by atoms with Gasteiger partial charge in [-0.05, 0) is 108 Å². The Morgan fingerprint density at radius 2 is 1.09 bits per heavy atom. The molecular weight excluding hydrogens is 1090 g/mol. The third-order valence-electron chi connectivity index (χ3n) is 17.1. The van der Waals surface area contributed by atoms with Gasteiger partial charge >= 0.3 is 29.8 Å². The van der Waals surface area contributed by atoms with Gasteiger partial charge in [-0.2, -0.15) is 0 Å². The van der Waals surface area contributed by atoms with Crippen molar-refractivity contribution < 1.29 is 62.8 Å². The fraction of sp³-hybridized carbons (Fsp3) is 0.435. The summed E-state index contributed by atoms with van der Waals surface area (Å²) in [5.74, 6) is -22.2. The Kier molecular flexibility index (Phi) is 22.7. The normalized spacial score (nSPS) is 19.6. The van der Waals surface area contributed by atoms with Crippen molar-refractivity contribution in [3.05, 3.63) is 173 Å². The lowest BCUT2D eigenvalue weighted by Crippen LogP contribution is -2.44. The lowest BCUT2D eigenvalue weighted by Gasteiger charge is -2.37. The topological polar surface area (TPSA) is 243 Å². The number of aliphatic carboxylic acids is 2. The summed E-state index contributed by atoms with van der Waals surface area (Å²) in [5, 5.41) is 29.0. The minimum Gasteiger partial charge on any atom is -0.481 e. The van der Waals surface area contributed by atoms with Gasteiger partial charge in [0, 0.05) is 38.4 Å². The molecule has 7 rings (SSSR count). The van der Waals surface area contributed by atoms with E-state index >= 15 is 14.4 Å². The smallest absolute Gasteiger partial charge is 0.318 e. The zero-order valence-electron chi connectivity index (χ0n) is 50.4. The van der Waals surface area contributed by atoms with E-state index in [0.29, 0.717) is 34.2 Å². The van der Waals surface area contributed by atoms with Gasteiger partial charge in [-0.25, -0.2) is 0 Å². The van der Waals surface area contributed by atoms with Crippen molar-refractivity contribution in [2.45, 2.75) is 90.9 Å². The molecule has 5 aromatic carbocycles. The number of hydrogen-bond acceptors (Lipinski definition) is 12. The van der Waals surface area contributed by atoms with Crippen molar-refractivity contribution in [3.8, 4) is 0 Å². The molecule has 0 radical (unpaired) electrons. The number of carbonyl (C=O) groups is 9. The second-order valence-corrected chi connectivity index (χ2v) is 24.0. The van der Waals surface area contributed by atoms with Crippen LogP contribution in [0.4, 0.5) is 5.69 Å². The van der Waals surface area contributed by atoms with E-state index < -0.39 is 124 Å². The Labute approximate surface area is 504 Å². The molecular formula is C69H82N4O13. The highest BCUT2D eigenvalue weighted by atomic mass is 16.6. The van der Waals surface area contributed by atoms with Gasteiger partial charge in [0.05, 0.1) is 53.9 Å². The van der Waals surface area contributed by atoms with E-state index in [2.05, 4.69) is 10.6 Å². The monoisotopic (exact) mass is 1170 g/mol. The maximum atomic E-state index is 15.7. The second-order valence-electron chi connectivity index (χ2n) is 24.0. The molecule has 0 aromatic heterocycles. The Morgan fingerprint density at radius 3 is 1.55 bits per heavy atom. The molecule has 2 heterocycles. The molecule has 12 unspecified atom stereocenters. The van der Waals surface area contributed by atoms with Gasteiger partial charge in [0.25, 0.3) is 5.91 Å². The van der Waals surface area contributed by atoms with Crippen LogP contribution in [0.2, 0.25) is 0 Å². The number of esters is 3. The first-order valence-corrected chi connectivity index (χ1v) is 29.9. The van der Waals surface area contributed by atoms with Crippen molar-refractivity contribution in [1.82, 2.24) is 15.5 Å². The molecule has 4 amide bonds. The van der Waals surface area contributed by atoms with Crippen LogP contribution in [0.15, 0.2) is 146 Å². The van der Waals surface area contributed by atoms with Gasteiger partial charge in [-0.3, -0.25) is 48.1 Å². The highest BCUT2D eigenvalue weighted by molar-refractivity contribution is 6.06. The summed E-state index contributed by atoms with van der Waals surface area (Å²) in [6.45, 7) is 10.6. The quantitative estimate of drug-likeness (QED) is 0.0145. The van der Waals surface area contributed by atoms with Gasteiger partial charge in [-0.15, -0.1) is 0 Å². The van der Waals surface area contributed by atoms with Crippen molar-refractivity contribution in [1.29, 1.82) is 0 Å². The van der Waals surface area contributed by atoms with E-state index in [1.165, 1.54) is 4.90 Å². The van der Waals surface area contributed by atoms with Crippen LogP contribution in [-0.2, 0) is 47.8 Å². The molecule has 0 spiro atoms. The first kappa shape index (κ1) is 65.1.